The van der Waals surface area contributed by atoms with Crippen LogP contribution in [0.25, 0.3) is 0 Å². The minimum Gasteiger partial charge on any atom is -0.497 e. The number of aromatic nitrogens is 1. The van der Waals surface area contributed by atoms with Crippen LogP contribution in [-0.2, 0) is 0 Å². The zero-order chi connectivity index (χ0) is 16.9. The van der Waals surface area contributed by atoms with Crippen molar-refractivity contribution in [3.63, 3.8) is 0 Å². The van der Waals surface area contributed by atoms with Crippen molar-refractivity contribution >= 4 is 11.7 Å². The second kappa shape index (κ2) is 7.08. The monoisotopic (exact) mass is 329 g/mol. The molecule has 2 heterocycles. The van der Waals surface area contributed by atoms with Gasteiger partial charge in [-0.15, -0.1) is 0 Å². The number of nitrogens with one attached hydrogen (secondary N) is 1. The van der Waals surface area contributed by atoms with Gasteiger partial charge in [0.2, 0.25) is 0 Å². The Morgan fingerprint density at radius 2 is 1.88 bits per heavy atom. The van der Waals surface area contributed by atoms with E-state index >= 15 is 0 Å². The first-order valence-corrected chi connectivity index (χ1v) is 7.53. The molecule has 1 aromatic heterocycles. The number of pyridine rings is 1. The third kappa shape index (κ3) is 3.68. The zero-order valence-electron chi connectivity index (χ0n) is 13.6. The summed E-state index contributed by atoms with van der Waals surface area (Å²) in [7, 11) is 3.13. The fraction of sp³-hybridized carbons (Fsp3) is 0.294. The van der Waals surface area contributed by atoms with Gasteiger partial charge in [0.1, 0.15) is 23.4 Å². The van der Waals surface area contributed by atoms with Crippen LogP contribution in [0, 0.1) is 0 Å². The summed E-state index contributed by atoms with van der Waals surface area (Å²) in [6, 6.07) is 8.70. The van der Waals surface area contributed by atoms with Gasteiger partial charge >= 0.3 is 6.03 Å². The summed E-state index contributed by atoms with van der Waals surface area (Å²) in [5.74, 6) is 1.94. The van der Waals surface area contributed by atoms with Crippen LogP contribution in [0.4, 0.5) is 10.5 Å². The molecule has 1 saturated heterocycles. The van der Waals surface area contributed by atoms with Crippen molar-refractivity contribution < 1.29 is 19.0 Å². The minimum atomic E-state index is -0.184. The molecule has 0 saturated carbocycles. The molecular formula is C17H19N3O4. The highest BCUT2D eigenvalue weighted by Crippen LogP contribution is 2.26. The smallest absolute Gasteiger partial charge is 0.322 e. The Morgan fingerprint density at radius 1 is 1.17 bits per heavy atom. The Hall–Kier alpha value is -2.96. The van der Waals surface area contributed by atoms with Crippen LogP contribution >= 0.6 is 0 Å². The molecule has 2 amide bonds. The fourth-order valence-electron chi connectivity index (χ4n) is 2.37. The molecule has 126 valence electrons. The molecule has 1 aliphatic heterocycles. The molecule has 3 rings (SSSR count). The van der Waals surface area contributed by atoms with Crippen molar-refractivity contribution in [3.8, 4) is 17.2 Å². The second-order valence-corrected chi connectivity index (χ2v) is 5.37. The molecule has 7 nitrogen and oxygen atoms in total. The van der Waals surface area contributed by atoms with E-state index < -0.39 is 0 Å². The highest BCUT2D eigenvalue weighted by molar-refractivity contribution is 5.90. The highest BCUT2D eigenvalue weighted by atomic mass is 16.5. The molecule has 7 heteroatoms. The van der Waals surface area contributed by atoms with E-state index in [1.165, 1.54) is 0 Å². The second-order valence-electron chi connectivity index (χ2n) is 5.37. The number of methoxy groups -OCH3 is 2. The summed E-state index contributed by atoms with van der Waals surface area (Å²) >= 11 is 0. The van der Waals surface area contributed by atoms with E-state index in [9.17, 15) is 4.79 Å². The quantitative estimate of drug-likeness (QED) is 0.912. The SMILES string of the molecule is COc1cc(NC(=O)N2CC(Oc3cccnc3)C2)cc(OC)c1. The van der Waals surface area contributed by atoms with Crippen LogP contribution in [-0.4, -0.2) is 49.3 Å². The maximum Gasteiger partial charge on any atom is 0.322 e. The van der Waals surface area contributed by atoms with Crippen molar-refractivity contribution in [2.24, 2.45) is 0 Å². The summed E-state index contributed by atoms with van der Waals surface area (Å²) < 4.78 is 16.1. The first-order chi connectivity index (χ1) is 11.7. The number of benzene rings is 1. The molecule has 1 N–H and O–H groups in total. The number of urea groups is 1. The van der Waals surface area contributed by atoms with Gasteiger partial charge in [-0.1, -0.05) is 0 Å². The largest absolute Gasteiger partial charge is 0.497 e. The first kappa shape index (κ1) is 15.9. The Morgan fingerprint density at radius 3 is 2.46 bits per heavy atom. The van der Waals surface area contributed by atoms with E-state index in [1.54, 1.807) is 49.7 Å². The Labute approximate surface area is 140 Å². The van der Waals surface area contributed by atoms with Crippen LogP contribution in [0.5, 0.6) is 17.2 Å². The summed E-state index contributed by atoms with van der Waals surface area (Å²) in [4.78, 5) is 17.9. The van der Waals surface area contributed by atoms with Gasteiger partial charge in [-0.25, -0.2) is 4.79 Å². The number of ether oxygens (including phenoxy) is 3. The molecule has 0 unspecified atom stereocenters. The van der Waals surface area contributed by atoms with Gasteiger partial charge < -0.3 is 24.4 Å². The molecule has 24 heavy (non-hydrogen) atoms. The predicted octanol–water partition coefficient (Wildman–Crippen LogP) is 2.39. The number of nitrogens with zero attached hydrogens (tertiary/aromatic N) is 2. The van der Waals surface area contributed by atoms with Crippen molar-refractivity contribution in [2.45, 2.75) is 6.10 Å². The van der Waals surface area contributed by atoms with Gasteiger partial charge in [-0.2, -0.15) is 0 Å². The van der Waals surface area contributed by atoms with Gasteiger partial charge in [0, 0.05) is 30.1 Å². The summed E-state index contributed by atoms with van der Waals surface area (Å²) in [5.41, 5.74) is 0.618. The maximum atomic E-state index is 12.3. The van der Waals surface area contributed by atoms with E-state index in [1.807, 2.05) is 12.1 Å². The Kier molecular flexibility index (Phi) is 4.69. The molecule has 0 radical (unpaired) electrons. The van der Waals surface area contributed by atoms with Crippen molar-refractivity contribution in [1.29, 1.82) is 0 Å². The summed E-state index contributed by atoms with van der Waals surface area (Å²) in [5, 5.41) is 2.84. The lowest BCUT2D eigenvalue weighted by Gasteiger charge is -2.38. The fourth-order valence-corrected chi connectivity index (χ4v) is 2.37. The normalized spacial score (nSPS) is 13.8. The number of rotatable bonds is 5. The lowest BCUT2D eigenvalue weighted by atomic mass is 10.2. The van der Waals surface area contributed by atoms with Crippen molar-refractivity contribution in [3.05, 3.63) is 42.7 Å². The van der Waals surface area contributed by atoms with Gasteiger partial charge in [0.15, 0.2) is 0 Å². The zero-order valence-corrected chi connectivity index (χ0v) is 13.6. The average Bonchev–Trinajstić information content (AvgIpc) is 2.58. The van der Waals surface area contributed by atoms with E-state index in [0.717, 1.165) is 0 Å². The average molecular weight is 329 g/mol. The number of likely N-dealkylation sites (tertiary alicyclic amines) is 1. The number of anilines is 1. The summed E-state index contributed by atoms with van der Waals surface area (Å²) in [6.45, 7) is 1.06. The van der Waals surface area contributed by atoms with Gasteiger partial charge in [-0.05, 0) is 12.1 Å². The van der Waals surface area contributed by atoms with E-state index in [2.05, 4.69) is 10.3 Å². The van der Waals surface area contributed by atoms with E-state index in [-0.39, 0.29) is 12.1 Å². The number of amides is 2. The molecular weight excluding hydrogens is 310 g/mol. The minimum absolute atomic E-state index is 0.0141. The third-order valence-electron chi connectivity index (χ3n) is 3.68. The van der Waals surface area contributed by atoms with Crippen LogP contribution in [0.15, 0.2) is 42.7 Å². The van der Waals surface area contributed by atoms with Crippen LogP contribution in [0.1, 0.15) is 0 Å². The van der Waals surface area contributed by atoms with E-state index in [0.29, 0.717) is 36.0 Å². The van der Waals surface area contributed by atoms with Gasteiger partial charge in [-0.3, -0.25) is 4.98 Å². The predicted molar refractivity (Wildman–Crippen MR) is 88.8 cm³/mol. The molecule has 1 aliphatic rings. The number of hydrogen-bond donors (Lipinski definition) is 1. The molecule has 0 atom stereocenters. The lowest BCUT2D eigenvalue weighted by Crippen LogP contribution is -2.57. The molecule has 2 aromatic rings. The number of carbonyl (C=O) groups excluding carboxylic acids is 1. The first-order valence-electron chi connectivity index (χ1n) is 7.53. The van der Waals surface area contributed by atoms with E-state index in [4.69, 9.17) is 14.2 Å². The number of hydrogen-bond acceptors (Lipinski definition) is 5. The van der Waals surface area contributed by atoms with Gasteiger partial charge in [0.05, 0.1) is 33.5 Å². The molecule has 0 bridgehead atoms. The molecule has 1 aromatic carbocycles. The Balaban J connectivity index is 1.53. The van der Waals surface area contributed by atoms with Crippen LogP contribution in [0.2, 0.25) is 0 Å². The van der Waals surface area contributed by atoms with Crippen LogP contribution < -0.4 is 19.5 Å². The third-order valence-corrected chi connectivity index (χ3v) is 3.68. The summed E-state index contributed by atoms with van der Waals surface area (Å²) in [6.07, 6.45) is 3.33. The topological polar surface area (TPSA) is 72.9 Å². The highest BCUT2D eigenvalue weighted by Gasteiger charge is 2.32. The Bertz CT molecular complexity index is 680. The molecule has 0 spiro atoms. The number of carbonyl (C=O) groups is 1. The molecule has 0 aliphatic carbocycles. The molecule has 1 fully saturated rings. The van der Waals surface area contributed by atoms with Crippen LogP contribution in [0.3, 0.4) is 0 Å². The maximum absolute atomic E-state index is 12.3. The standard InChI is InChI=1S/C17H19N3O4/c1-22-14-6-12(7-15(8-14)23-2)19-17(21)20-10-16(11-20)24-13-4-3-5-18-9-13/h3-9,16H,10-11H2,1-2H3,(H,19,21). The van der Waals surface area contributed by atoms with Crippen molar-refractivity contribution in [1.82, 2.24) is 9.88 Å². The van der Waals surface area contributed by atoms with Gasteiger partial charge in [0.25, 0.3) is 0 Å². The lowest BCUT2D eigenvalue weighted by molar-refractivity contribution is 0.0490. The van der Waals surface area contributed by atoms with Crippen molar-refractivity contribution in [2.75, 3.05) is 32.6 Å².